The first-order valence-corrected chi connectivity index (χ1v) is 14.6. The van der Waals surface area contributed by atoms with E-state index >= 15 is 0 Å². The summed E-state index contributed by atoms with van der Waals surface area (Å²) < 4.78 is 28.7. The Morgan fingerprint density at radius 2 is 1.55 bits per heavy atom. The van der Waals surface area contributed by atoms with E-state index in [0.717, 1.165) is 41.1 Å². The molecule has 0 radical (unpaired) electrons. The van der Waals surface area contributed by atoms with Crippen molar-refractivity contribution in [2.75, 3.05) is 16.2 Å². The smallest absolute Gasteiger partial charge is 0.264 e. The van der Waals surface area contributed by atoms with Gasteiger partial charge in [-0.25, -0.2) is 8.42 Å². The average molecular weight is 534 g/mol. The van der Waals surface area contributed by atoms with Crippen molar-refractivity contribution in [3.05, 3.63) is 89.5 Å². The number of aryl methyl sites for hydroxylation is 2. The lowest BCUT2D eigenvalue weighted by Gasteiger charge is -2.26. The molecule has 0 saturated heterocycles. The zero-order valence-corrected chi connectivity index (χ0v) is 22.8. The van der Waals surface area contributed by atoms with Gasteiger partial charge in [0, 0.05) is 6.04 Å². The molecule has 0 aliphatic heterocycles. The molecule has 1 saturated carbocycles. The van der Waals surface area contributed by atoms with E-state index < -0.39 is 22.5 Å². The van der Waals surface area contributed by atoms with E-state index in [-0.39, 0.29) is 16.8 Å². The Kier molecular flexibility index (Phi) is 8.84. The molecule has 1 aliphatic rings. The van der Waals surface area contributed by atoms with Gasteiger partial charge in [0.05, 0.1) is 21.8 Å². The van der Waals surface area contributed by atoms with Gasteiger partial charge in [-0.2, -0.15) is 0 Å². The second-order valence-corrected chi connectivity index (χ2v) is 11.6. The molecule has 0 bridgehead atoms. The lowest BCUT2D eigenvalue weighted by Crippen LogP contribution is -2.39. The minimum atomic E-state index is -4.04. The van der Waals surface area contributed by atoms with Crippen LogP contribution >= 0.6 is 0 Å². The standard InChI is InChI=1S/C30H35N3O4S/c1-3-23-11-7-10-16-28(23)33(38(36,37)25-19-17-22(2)18-20-25)21-29(34)32-27-15-9-8-14-26(27)30(35)31-24-12-5-4-6-13-24/h7-11,14-20,24H,3-6,12-13,21H2,1-2H3,(H,31,35)(H,32,34). The number of rotatable bonds is 9. The topological polar surface area (TPSA) is 95.6 Å². The first-order valence-electron chi connectivity index (χ1n) is 13.2. The largest absolute Gasteiger partial charge is 0.349 e. The van der Waals surface area contributed by atoms with Gasteiger partial charge in [-0.1, -0.05) is 74.2 Å². The van der Waals surface area contributed by atoms with Crippen molar-refractivity contribution in [2.24, 2.45) is 0 Å². The second-order valence-electron chi connectivity index (χ2n) is 9.71. The van der Waals surface area contributed by atoms with Gasteiger partial charge in [-0.3, -0.25) is 13.9 Å². The molecule has 0 spiro atoms. The Balaban J connectivity index is 1.60. The highest BCUT2D eigenvalue weighted by Crippen LogP contribution is 2.28. The van der Waals surface area contributed by atoms with E-state index in [4.69, 9.17) is 0 Å². The highest BCUT2D eigenvalue weighted by Gasteiger charge is 2.29. The van der Waals surface area contributed by atoms with Crippen LogP contribution < -0.4 is 14.9 Å². The number of nitrogens with one attached hydrogen (secondary N) is 2. The maximum absolute atomic E-state index is 13.8. The van der Waals surface area contributed by atoms with Crippen molar-refractivity contribution < 1.29 is 18.0 Å². The van der Waals surface area contributed by atoms with E-state index in [2.05, 4.69) is 10.6 Å². The van der Waals surface area contributed by atoms with E-state index in [1.54, 1.807) is 60.7 Å². The van der Waals surface area contributed by atoms with Crippen LogP contribution in [-0.4, -0.2) is 32.8 Å². The molecule has 3 aromatic carbocycles. The Morgan fingerprint density at radius 3 is 2.26 bits per heavy atom. The quantitative estimate of drug-likeness (QED) is 0.382. The highest BCUT2D eigenvalue weighted by molar-refractivity contribution is 7.92. The van der Waals surface area contributed by atoms with Gasteiger partial charge in [-0.05, 0) is 62.1 Å². The minimum absolute atomic E-state index is 0.106. The summed E-state index contributed by atoms with van der Waals surface area (Å²) in [4.78, 5) is 26.5. The summed E-state index contributed by atoms with van der Waals surface area (Å²) >= 11 is 0. The Hall–Kier alpha value is -3.65. The average Bonchev–Trinajstić information content (AvgIpc) is 2.92. The van der Waals surface area contributed by atoms with Gasteiger partial charge in [-0.15, -0.1) is 0 Å². The van der Waals surface area contributed by atoms with Crippen LogP contribution in [0.1, 0.15) is 60.5 Å². The lowest BCUT2D eigenvalue weighted by atomic mass is 9.95. The normalized spacial score (nSPS) is 14.1. The van der Waals surface area contributed by atoms with Crippen LogP contribution in [0.5, 0.6) is 0 Å². The number of anilines is 2. The zero-order valence-electron chi connectivity index (χ0n) is 21.9. The van der Waals surface area contributed by atoms with Gasteiger partial charge in [0.25, 0.3) is 15.9 Å². The third-order valence-corrected chi connectivity index (χ3v) is 8.70. The predicted molar refractivity (Wildman–Crippen MR) is 151 cm³/mol. The molecule has 0 aromatic heterocycles. The van der Waals surface area contributed by atoms with Gasteiger partial charge in [0.15, 0.2) is 0 Å². The Labute approximate surface area is 225 Å². The number of nitrogens with zero attached hydrogens (tertiary/aromatic N) is 1. The first kappa shape index (κ1) is 27.4. The van der Waals surface area contributed by atoms with Gasteiger partial charge in [0.2, 0.25) is 5.91 Å². The summed E-state index contributed by atoms with van der Waals surface area (Å²) in [7, 11) is -4.04. The fraction of sp³-hybridized carbons (Fsp3) is 0.333. The lowest BCUT2D eigenvalue weighted by molar-refractivity contribution is -0.114. The number of para-hydroxylation sites is 2. The van der Waals surface area contributed by atoms with Crippen LogP contribution in [0.3, 0.4) is 0 Å². The van der Waals surface area contributed by atoms with E-state index in [1.165, 1.54) is 6.42 Å². The predicted octanol–water partition coefficient (Wildman–Crippen LogP) is 5.45. The molecule has 2 N–H and O–H groups in total. The summed E-state index contributed by atoms with van der Waals surface area (Å²) in [5.74, 6) is -0.780. The molecule has 0 unspecified atom stereocenters. The number of hydrogen-bond acceptors (Lipinski definition) is 4. The third-order valence-electron chi connectivity index (χ3n) is 6.92. The van der Waals surface area contributed by atoms with E-state index in [0.29, 0.717) is 23.4 Å². The molecule has 2 amide bonds. The molecule has 0 heterocycles. The molecule has 4 rings (SSSR count). The molecule has 8 heteroatoms. The number of hydrogen-bond donors (Lipinski definition) is 2. The molecular weight excluding hydrogens is 498 g/mol. The van der Waals surface area contributed by atoms with Crippen LogP contribution in [-0.2, 0) is 21.2 Å². The van der Waals surface area contributed by atoms with Crippen LogP contribution in [0.25, 0.3) is 0 Å². The van der Waals surface area contributed by atoms with Gasteiger partial charge < -0.3 is 10.6 Å². The maximum Gasteiger partial charge on any atom is 0.264 e. The fourth-order valence-electron chi connectivity index (χ4n) is 4.81. The van der Waals surface area contributed by atoms with Gasteiger partial charge >= 0.3 is 0 Å². The molecule has 7 nitrogen and oxygen atoms in total. The first-order chi connectivity index (χ1) is 18.3. The van der Waals surface area contributed by atoms with E-state index in [1.807, 2.05) is 26.0 Å². The third kappa shape index (κ3) is 6.42. The summed E-state index contributed by atoms with van der Waals surface area (Å²) in [6, 6.07) is 20.7. The maximum atomic E-state index is 13.8. The Bertz CT molecular complexity index is 1380. The van der Waals surface area contributed by atoms with Crippen molar-refractivity contribution >= 4 is 33.2 Å². The number of carbonyl (C=O) groups excluding carboxylic acids is 2. The second kappa shape index (κ2) is 12.3. The number of amides is 2. The highest BCUT2D eigenvalue weighted by atomic mass is 32.2. The van der Waals surface area contributed by atoms with Crippen LogP contribution in [0.2, 0.25) is 0 Å². The van der Waals surface area contributed by atoms with Crippen LogP contribution in [0.4, 0.5) is 11.4 Å². The van der Waals surface area contributed by atoms with Crippen molar-refractivity contribution in [1.82, 2.24) is 5.32 Å². The van der Waals surface area contributed by atoms with Crippen molar-refractivity contribution in [2.45, 2.75) is 63.3 Å². The minimum Gasteiger partial charge on any atom is -0.349 e. The SMILES string of the molecule is CCc1ccccc1N(CC(=O)Nc1ccccc1C(=O)NC1CCCCC1)S(=O)(=O)c1ccc(C)cc1. The zero-order chi connectivity index (χ0) is 27.1. The molecule has 1 fully saturated rings. The number of sulfonamides is 1. The summed E-state index contributed by atoms with van der Waals surface area (Å²) in [6.45, 7) is 3.39. The monoisotopic (exact) mass is 533 g/mol. The van der Waals surface area contributed by atoms with Crippen LogP contribution in [0, 0.1) is 6.92 Å². The van der Waals surface area contributed by atoms with Crippen molar-refractivity contribution in [3.63, 3.8) is 0 Å². The molecule has 0 atom stereocenters. The molecule has 38 heavy (non-hydrogen) atoms. The number of carbonyl (C=O) groups is 2. The molecule has 200 valence electrons. The van der Waals surface area contributed by atoms with E-state index in [9.17, 15) is 18.0 Å². The molecule has 1 aliphatic carbocycles. The Morgan fingerprint density at radius 1 is 0.895 bits per heavy atom. The van der Waals surface area contributed by atoms with Crippen molar-refractivity contribution in [1.29, 1.82) is 0 Å². The summed E-state index contributed by atoms with van der Waals surface area (Å²) in [5.41, 5.74) is 2.90. The van der Waals surface area contributed by atoms with Gasteiger partial charge in [0.1, 0.15) is 6.54 Å². The van der Waals surface area contributed by atoms with Crippen molar-refractivity contribution in [3.8, 4) is 0 Å². The van der Waals surface area contributed by atoms with Crippen LogP contribution in [0.15, 0.2) is 77.7 Å². The molecule has 3 aromatic rings. The summed E-state index contributed by atoms with van der Waals surface area (Å²) in [5, 5.41) is 5.88. The fourth-order valence-corrected chi connectivity index (χ4v) is 6.27. The molecular formula is C30H35N3O4S. The summed E-state index contributed by atoms with van der Waals surface area (Å²) in [6.07, 6.45) is 5.86. The number of benzene rings is 3.